The first-order valence-corrected chi connectivity index (χ1v) is 9.59. The van der Waals surface area contributed by atoms with Gasteiger partial charge in [0.05, 0.1) is 4.90 Å². The largest absolute Gasteiger partial charge is 0.349 e. The van der Waals surface area contributed by atoms with Crippen LogP contribution >= 0.6 is 12.4 Å². The van der Waals surface area contributed by atoms with Crippen molar-refractivity contribution >= 4 is 28.2 Å². The number of amides is 1. The van der Waals surface area contributed by atoms with Crippen LogP contribution in [0.1, 0.15) is 41.6 Å². The summed E-state index contributed by atoms with van der Waals surface area (Å²) in [5.74, 6) is -0.172. The van der Waals surface area contributed by atoms with E-state index in [1.807, 2.05) is 6.92 Å². The van der Waals surface area contributed by atoms with Gasteiger partial charge in [0.2, 0.25) is 0 Å². The second-order valence-corrected chi connectivity index (χ2v) is 8.54. The summed E-state index contributed by atoms with van der Waals surface area (Å²) in [5.41, 5.74) is 1.25. The van der Waals surface area contributed by atoms with Gasteiger partial charge in [-0.2, -0.15) is 0 Å². The van der Waals surface area contributed by atoms with Crippen LogP contribution in [0.4, 0.5) is 0 Å². The molecule has 0 saturated carbocycles. The van der Waals surface area contributed by atoms with Crippen molar-refractivity contribution in [3.05, 3.63) is 29.3 Å². The Morgan fingerprint density at radius 2 is 1.83 bits per heavy atom. The summed E-state index contributed by atoms with van der Waals surface area (Å²) in [6.07, 6.45) is 5.42. The molecule has 0 spiro atoms. The summed E-state index contributed by atoms with van der Waals surface area (Å²) in [6.45, 7) is 1.83. The summed E-state index contributed by atoms with van der Waals surface area (Å²) in [7, 11) is -3.31. The lowest BCUT2D eigenvalue weighted by molar-refractivity contribution is 0.0923. The standard InChI is InChI=1S/C16H22N2O3S.ClH/c1-10-3-6-14(22(2,20)21)9-15(10)16(19)18-13-7-11-4-5-12(8-13)17-11;/h3,6,9,11-13,17H,4-5,7-8H2,1-2H3,(H,18,19);1H. The van der Waals surface area contributed by atoms with Crippen LogP contribution in [0.5, 0.6) is 0 Å². The van der Waals surface area contributed by atoms with Crippen molar-refractivity contribution in [3.8, 4) is 0 Å². The number of sulfone groups is 1. The van der Waals surface area contributed by atoms with E-state index in [1.165, 1.54) is 18.9 Å². The van der Waals surface area contributed by atoms with E-state index in [2.05, 4.69) is 10.6 Å². The Morgan fingerprint density at radius 1 is 1.22 bits per heavy atom. The third-order valence-electron chi connectivity index (χ3n) is 4.69. The normalized spacial score (nSPS) is 26.4. The van der Waals surface area contributed by atoms with Crippen molar-refractivity contribution < 1.29 is 13.2 Å². The molecule has 128 valence electrons. The molecule has 1 aromatic carbocycles. The van der Waals surface area contributed by atoms with Gasteiger partial charge >= 0.3 is 0 Å². The van der Waals surface area contributed by atoms with E-state index in [0.29, 0.717) is 17.6 Å². The van der Waals surface area contributed by atoms with E-state index < -0.39 is 9.84 Å². The van der Waals surface area contributed by atoms with Crippen molar-refractivity contribution in [1.82, 2.24) is 10.6 Å². The number of aryl methyl sites for hydroxylation is 1. The number of halogens is 1. The lowest BCUT2D eigenvalue weighted by Crippen LogP contribution is -2.48. The average molecular weight is 359 g/mol. The van der Waals surface area contributed by atoms with E-state index in [0.717, 1.165) is 24.7 Å². The van der Waals surface area contributed by atoms with Crippen LogP contribution < -0.4 is 10.6 Å². The fourth-order valence-corrected chi connectivity index (χ4v) is 4.16. The van der Waals surface area contributed by atoms with Gasteiger partial charge < -0.3 is 10.6 Å². The van der Waals surface area contributed by atoms with Gasteiger partial charge in [-0.1, -0.05) is 6.07 Å². The van der Waals surface area contributed by atoms with Gasteiger partial charge in [-0.15, -0.1) is 12.4 Å². The average Bonchev–Trinajstić information content (AvgIpc) is 2.77. The number of carbonyl (C=O) groups excluding carboxylic acids is 1. The monoisotopic (exact) mass is 358 g/mol. The number of piperidine rings is 1. The molecule has 0 aliphatic carbocycles. The van der Waals surface area contributed by atoms with E-state index >= 15 is 0 Å². The highest BCUT2D eigenvalue weighted by Gasteiger charge is 2.34. The van der Waals surface area contributed by atoms with Gasteiger partial charge in [-0.25, -0.2) is 8.42 Å². The zero-order valence-corrected chi connectivity index (χ0v) is 15.0. The predicted octanol–water partition coefficient (Wildman–Crippen LogP) is 1.83. The van der Waals surface area contributed by atoms with Crippen molar-refractivity contribution in [3.63, 3.8) is 0 Å². The second kappa shape index (κ2) is 6.79. The molecule has 2 bridgehead atoms. The molecule has 2 N–H and O–H groups in total. The number of hydrogen-bond acceptors (Lipinski definition) is 4. The van der Waals surface area contributed by atoms with Crippen LogP contribution in [-0.2, 0) is 9.84 Å². The van der Waals surface area contributed by atoms with Crippen molar-refractivity contribution in [2.75, 3.05) is 6.26 Å². The Morgan fingerprint density at radius 3 is 2.39 bits per heavy atom. The first kappa shape index (κ1) is 18.2. The molecule has 7 heteroatoms. The van der Waals surface area contributed by atoms with Gasteiger partial charge in [0.15, 0.2) is 9.84 Å². The summed E-state index contributed by atoms with van der Waals surface area (Å²) in [4.78, 5) is 12.7. The molecule has 0 radical (unpaired) electrons. The first-order chi connectivity index (χ1) is 10.3. The first-order valence-electron chi connectivity index (χ1n) is 7.70. The summed E-state index contributed by atoms with van der Waals surface area (Å²) in [6, 6.07) is 5.91. The van der Waals surface area contributed by atoms with Crippen molar-refractivity contribution in [1.29, 1.82) is 0 Å². The van der Waals surface area contributed by atoms with Crippen LogP contribution in [0.25, 0.3) is 0 Å². The fourth-order valence-electron chi connectivity index (χ4n) is 3.51. The highest BCUT2D eigenvalue weighted by atomic mass is 35.5. The van der Waals surface area contributed by atoms with Crippen LogP contribution in [-0.4, -0.2) is 38.7 Å². The van der Waals surface area contributed by atoms with Gasteiger partial charge in [0, 0.05) is 29.9 Å². The smallest absolute Gasteiger partial charge is 0.251 e. The Labute approximate surface area is 143 Å². The molecule has 23 heavy (non-hydrogen) atoms. The molecule has 2 aliphatic rings. The molecule has 2 saturated heterocycles. The summed E-state index contributed by atoms with van der Waals surface area (Å²) >= 11 is 0. The van der Waals surface area contributed by atoms with Gasteiger partial charge in [0.25, 0.3) is 5.91 Å². The lowest BCUT2D eigenvalue weighted by atomic mass is 9.99. The molecule has 2 fully saturated rings. The molecule has 1 amide bonds. The Hall–Kier alpha value is -1.11. The minimum absolute atomic E-state index is 0. The molecular weight excluding hydrogens is 336 g/mol. The highest BCUT2D eigenvalue weighted by molar-refractivity contribution is 7.90. The van der Waals surface area contributed by atoms with Crippen LogP contribution in [0.2, 0.25) is 0 Å². The summed E-state index contributed by atoms with van der Waals surface area (Å²) < 4.78 is 23.3. The lowest BCUT2D eigenvalue weighted by Gasteiger charge is -2.29. The third-order valence-corrected chi connectivity index (χ3v) is 5.80. The van der Waals surface area contributed by atoms with Crippen molar-refractivity contribution in [2.45, 2.75) is 55.6 Å². The molecule has 2 aliphatic heterocycles. The van der Waals surface area contributed by atoms with Crippen LogP contribution in [0.15, 0.2) is 23.1 Å². The maximum Gasteiger partial charge on any atom is 0.251 e. The Kier molecular flexibility index (Phi) is 5.38. The Bertz CT molecular complexity index is 693. The highest BCUT2D eigenvalue weighted by Crippen LogP contribution is 2.27. The second-order valence-electron chi connectivity index (χ2n) is 6.53. The minimum atomic E-state index is -3.31. The maximum atomic E-state index is 12.5. The van der Waals surface area contributed by atoms with E-state index in [1.54, 1.807) is 12.1 Å². The predicted molar refractivity (Wildman–Crippen MR) is 92.0 cm³/mol. The molecule has 2 heterocycles. The van der Waals surface area contributed by atoms with Crippen molar-refractivity contribution in [2.24, 2.45) is 0 Å². The van der Waals surface area contributed by atoms with Gasteiger partial charge in [0.1, 0.15) is 0 Å². The number of benzene rings is 1. The summed E-state index contributed by atoms with van der Waals surface area (Å²) in [5, 5.41) is 6.62. The maximum absolute atomic E-state index is 12.5. The van der Waals surface area contributed by atoms with Crippen LogP contribution in [0, 0.1) is 6.92 Å². The molecular formula is C16H23ClN2O3S. The van der Waals surface area contributed by atoms with Crippen LogP contribution in [0.3, 0.4) is 0 Å². The van der Waals surface area contributed by atoms with E-state index in [-0.39, 0.29) is 29.3 Å². The quantitative estimate of drug-likeness (QED) is 0.864. The van der Waals surface area contributed by atoms with Gasteiger partial charge in [-0.3, -0.25) is 4.79 Å². The third kappa shape index (κ3) is 4.05. The molecule has 0 aromatic heterocycles. The fraction of sp³-hybridized carbons (Fsp3) is 0.562. The van der Waals surface area contributed by atoms with E-state index in [9.17, 15) is 13.2 Å². The Balaban J connectivity index is 0.00000192. The SMILES string of the molecule is Cc1ccc(S(C)(=O)=O)cc1C(=O)NC1CC2CCC(C1)N2.Cl. The number of carbonyl (C=O) groups is 1. The number of hydrogen-bond donors (Lipinski definition) is 2. The molecule has 3 rings (SSSR count). The number of fused-ring (bicyclic) bond motifs is 2. The zero-order chi connectivity index (χ0) is 15.9. The molecule has 2 unspecified atom stereocenters. The van der Waals surface area contributed by atoms with Gasteiger partial charge in [-0.05, 0) is 50.3 Å². The molecule has 1 aromatic rings. The topological polar surface area (TPSA) is 75.3 Å². The number of rotatable bonds is 3. The number of nitrogens with one attached hydrogen (secondary N) is 2. The minimum Gasteiger partial charge on any atom is -0.349 e. The van der Waals surface area contributed by atoms with E-state index in [4.69, 9.17) is 0 Å². The zero-order valence-electron chi connectivity index (χ0n) is 13.3. The molecule has 2 atom stereocenters. The molecule has 5 nitrogen and oxygen atoms in total.